The Morgan fingerprint density at radius 3 is 2.24 bits per heavy atom. The van der Waals surface area contributed by atoms with Gasteiger partial charge in [0.15, 0.2) is 0 Å². The Balaban J connectivity index is 4.33. The van der Waals surface area contributed by atoms with Crippen molar-refractivity contribution < 1.29 is 19.5 Å². The summed E-state index contributed by atoms with van der Waals surface area (Å²) in [5, 5.41) is 14.2. The maximum atomic E-state index is 12.0. The van der Waals surface area contributed by atoms with E-state index in [2.05, 4.69) is 10.6 Å². The molecule has 1 unspecified atom stereocenters. The van der Waals surface area contributed by atoms with Gasteiger partial charge in [0, 0.05) is 24.5 Å². The largest absolute Gasteiger partial charge is 0.480 e. The third kappa shape index (κ3) is 8.16. The summed E-state index contributed by atoms with van der Waals surface area (Å²) in [6.45, 7) is 8.94. The van der Waals surface area contributed by atoms with Crippen LogP contribution in [0.5, 0.6) is 0 Å². The molecule has 122 valence electrons. The zero-order chi connectivity index (χ0) is 16.6. The fourth-order valence-electron chi connectivity index (χ4n) is 1.58. The van der Waals surface area contributed by atoms with Crippen LogP contribution in [-0.4, -0.2) is 52.6 Å². The van der Waals surface area contributed by atoms with Crippen LogP contribution < -0.4 is 10.6 Å². The fourth-order valence-corrected chi connectivity index (χ4v) is 1.58. The molecule has 0 aromatic rings. The number of nitrogens with zero attached hydrogens (tertiary/aromatic N) is 1. The minimum Gasteiger partial charge on any atom is -0.480 e. The van der Waals surface area contributed by atoms with E-state index < -0.39 is 17.5 Å². The van der Waals surface area contributed by atoms with Crippen LogP contribution in [0.2, 0.25) is 0 Å². The van der Waals surface area contributed by atoms with Crippen LogP contribution >= 0.6 is 0 Å². The lowest BCUT2D eigenvalue weighted by Gasteiger charge is -2.34. The number of carbonyl (C=O) groups excluding carboxylic acids is 2. The molecule has 0 aromatic carbocycles. The SMILES string of the molecule is CCC(C)NC(=O)CCNC(=O)N(CC(=O)O)C(C)(C)C. The maximum absolute atomic E-state index is 12.0. The lowest BCUT2D eigenvalue weighted by atomic mass is 10.1. The number of carboxylic acids is 1. The van der Waals surface area contributed by atoms with Crippen molar-refractivity contribution in [3.8, 4) is 0 Å². The Labute approximate surface area is 126 Å². The van der Waals surface area contributed by atoms with Crippen molar-refractivity contribution >= 4 is 17.9 Å². The third-order valence-corrected chi connectivity index (χ3v) is 3.00. The van der Waals surface area contributed by atoms with Crippen LogP contribution in [0.25, 0.3) is 0 Å². The summed E-state index contributed by atoms with van der Waals surface area (Å²) in [7, 11) is 0. The predicted octanol–water partition coefficient (Wildman–Crippen LogP) is 1.19. The number of carboxylic acid groups (broad SMARTS) is 1. The lowest BCUT2D eigenvalue weighted by molar-refractivity contribution is -0.138. The van der Waals surface area contributed by atoms with Crippen LogP contribution in [0.3, 0.4) is 0 Å². The van der Waals surface area contributed by atoms with Gasteiger partial charge >= 0.3 is 12.0 Å². The van der Waals surface area contributed by atoms with Gasteiger partial charge in [-0.3, -0.25) is 9.59 Å². The quantitative estimate of drug-likeness (QED) is 0.657. The first-order valence-electron chi connectivity index (χ1n) is 7.14. The van der Waals surface area contributed by atoms with E-state index in [0.717, 1.165) is 6.42 Å². The number of rotatable bonds is 7. The highest BCUT2D eigenvalue weighted by Crippen LogP contribution is 2.12. The molecule has 0 spiro atoms. The van der Waals surface area contributed by atoms with E-state index in [4.69, 9.17) is 5.11 Å². The summed E-state index contributed by atoms with van der Waals surface area (Å²) in [5.41, 5.74) is -0.610. The number of amides is 3. The average Bonchev–Trinajstić information content (AvgIpc) is 2.33. The average molecular weight is 301 g/mol. The summed E-state index contributed by atoms with van der Waals surface area (Å²) in [6.07, 6.45) is 1.01. The standard InChI is InChI=1S/C14H27N3O4/c1-6-10(2)16-11(18)7-8-15-13(21)17(9-12(19)20)14(3,4)5/h10H,6-9H2,1-5H3,(H,15,21)(H,16,18)(H,19,20). The molecule has 0 saturated heterocycles. The first-order valence-corrected chi connectivity index (χ1v) is 7.14. The van der Waals surface area contributed by atoms with E-state index >= 15 is 0 Å². The van der Waals surface area contributed by atoms with Gasteiger partial charge in [0.25, 0.3) is 0 Å². The van der Waals surface area contributed by atoms with Crippen molar-refractivity contribution in [2.75, 3.05) is 13.1 Å². The molecule has 0 fully saturated rings. The lowest BCUT2D eigenvalue weighted by Crippen LogP contribution is -2.52. The van der Waals surface area contributed by atoms with Gasteiger partial charge in [0.1, 0.15) is 6.54 Å². The highest BCUT2D eigenvalue weighted by Gasteiger charge is 2.28. The van der Waals surface area contributed by atoms with E-state index in [0.29, 0.717) is 0 Å². The molecule has 0 aliphatic carbocycles. The number of carbonyl (C=O) groups is 3. The van der Waals surface area contributed by atoms with Gasteiger partial charge in [0.05, 0.1) is 0 Å². The molecule has 0 bridgehead atoms. The van der Waals surface area contributed by atoms with E-state index in [1.54, 1.807) is 20.8 Å². The number of nitrogens with one attached hydrogen (secondary N) is 2. The van der Waals surface area contributed by atoms with Crippen molar-refractivity contribution in [1.82, 2.24) is 15.5 Å². The maximum Gasteiger partial charge on any atom is 0.323 e. The van der Waals surface area contributed by atoms with E-state index in [1.165, 1.54) is 4.90 Å². The molecule has 7 heteroatoms. The molecule has 0 aliphatic heterocycles. The number of hydrogen-bond acceptors (Lipinski definition) is 3. The fraction of sp³-hybridized carbons (Fsp3) is 0.786. The summed E-state index contributed by atoms with van der Waals surface area (Å²) < 4.78 is 0. The van der Waals surface area contributed by atoms with Crippen LogP contribution in [0.4, 0.5) is 4.79 Å². The number of aliphatic carboxylic acids is 1. The summed E-state index contributed by atoms with van der Waals surface area (Å²) in [4.78, 5) is 35.6. The van der Waals surface area contributed by atoms with Crippen molar-refractivity contribution in [3.63, 3.8) is 0 Å². The van der Waals surface area contributed by atoms with Crippen LogP contribution in [-0.2, 0) is 9.59 Å². The topological polar surface area (TPSA) is 98.7 Å². The second kappa shape index (κ2) is 8.49. The van der Waals surface area contributed by atoms with Crippen molar-refractivity contribution in [2.45, 2.75) is 59.0 Å². The third-order valence-electron chi connectivity index (χ3n) is 3.00. The zero-order valence-electron chi connectivity index (χ0n) is 13.5. The monoisotopic (exact) mass is 301 g/mol. The molecule has 3 amide bonds. The van der Waals surface area contributed by atoms with Crippen LogP contribution in [0.15, 0.2) is 0 Å². The second-order valence-electron chi connectivity index (χ2n) is 6.01. The molecule has 0 rings (SSSR count). The summed E-state index contributed by atoms with van der Waals surface area (Å²) in [6, 6.07) is -0.382. The number of hydrogen-bond donors (Lipinski definition) is 3. The molecule has 3 N–H and O–H groups in total. The highest BCUT2D eigenvalue weighted by atomic mass is 16.4. The van der Waals surface area contributed by atoms with E-state index in [1.807, 2.05) is 13.8 Å². The summed E-state index contributed by atoms with van der Waals surface area (Å²) >= 11 is 0. The highest BCUT2D eigenvalue weighted by molar-refractivity contribution is 5.81. The molecular weight excluding hydrogens is 274 g/mol. The predicted molar refractivity (Wildman–Crippen MR) is 80.0 cm³/mol. The summed E-state index contributed by atoms with van der Waals surface area (Å²) in [5.74, 6) is -1.21. The minimum absolute atomic E-state index is 0.103. The normalized spacial score (nSPS) is 12.4. The van der Waals surface area contributed by atoms with Crippen LogP contribution in [0.1, 0.15) is 47.5 Å². The van der Waals surface area contributed by atoms with Gasteiger partial charge in [-0.05, 0) is 34.1 Å². The molecule has 7 nitrogen and oxygen atoms in total. The van der Waals surface area contributed by atoms with Crippen molar-refractivity contribution in [1.29, 1.82) is 0 Å². The Kier molecular flexibility index (Phi) is 7.76. The van der Waals surface area contributed by atoms with Gasteiger partial charge < -0.3 is 20.6 Å². The smallest absolute Gasteiger partial charge is 0.323 e. The molecule has 21 heavy (non-hydrogen) atoms. The Bertz CT molecular complexity index is 377. The van der Waals surface area contributed by atoms with Crippen molar-refractivity contribution in [3.05, 3.63) is 0 Å². The van der Waals surface area contributed by atoms with E-state index in [9.17, 15) is 14.4 Å². The second-order valence-corrected chi connectivity index (χ2v) is 6.01. The van der Waals surface area contributed by atoms with Gasteiger partial charge in [0.2, 0.25) is 5.91 Å². The Hall–Kier alpha value is -1.79. The molecule has 1 atom stereocenters. The molecule has 0 saturated carbocycles. The van der Waals surface area contributed by atoms with E-state index in [-0.39, 0.29) is 31.5 Å². The molecule has 0 aromatic heterocycles. The van der Waals surface area contributed by atoms with Gasteiger partial charge in [-0.1, -0.05) is 6.92 Å². The van der Waals surface area contributed by atoms with Gasteiger partial charge in [-0.25, -0.2) is 4.79 Å². The number of urea groups is 1. The van der Waals surface area contributed by atoms with Gasteiger partial charge in [-0.15, -0.1) is 0 Å². The van der Waals surface area contributed by atoms with Gasteiger partial charge in [-0.2, -0.15) is 0 Å². The minimum atomic E-state index is -1.07. The first-order chi connectivity index (χ1) is 9.57. The first kappa shape index (κ1) is 19.2. The van der Waals surface area contributed by atoms with Crippen molar-refractivity contribution in [2.24, 2.45) is 0 Å². The molecule has 0 radical (unpaired) electrons. The van der Waals surface area contributed by atoms with Crippen LogP contribution in [0, 0.1) is 0 Å². The molecular formula is C14H27N3O4. The Morgan fingerprint density at radius 1 is 1.24 bits per heavy atom. The molecule has 0 aliphatic rings. The Morgan fingerprint density at radius 2 is 1.81 bits per heavy atom. The molecule has 0 heterocycles. The zero-order valence-corrected chi connectivity index (χ0v) is 13.5.